The van der Waals surface area contributed by atoms with Gasteiger partial charge < -0.3 is 11.1 Å². The Morgan fingerprint density at radius 2 is 2.20 bits per heavy atom. The molecule has 1 fully saturated rings. The van der Waals surface area contributed by atoms with Crippen LogP contribution in [0.4, 0.5) is 5.69 Å². The number of carbonyl (C=O) groups excluding carboxylic acids is 1. The van der Waals surface area contributed by atoms with Crippen molar-refractivity contribution in [3.05, 3.63) is 23.2 Å². The van der Waals surface area contributed by atoms with Gasteiger partial charge in [0.05, 0.1) is 22.5 Å². The van der Waals surface area contributed by atoms with E-state index in [4.69, 9.17) is 17.3 Å². The lowest BCUT2D eigenvalue weighted by atomic mass is 10.0. The van der Waals surface area contributed by atoms with Gasteiger partial charge in [-0.25, -0.2) is 0 Å². The second-order valence-electron chi connectivity index (χ2n) is 4.92. The minimum absolute atomic E-state index is 0.119. The molecule has 0 saturated heterocycles. The molecule has 3 N–H and O–H groups in total. The van der Waals surface area contributed by atoms with Crippen LogP contribution in [0.25, 0.3) is 0 Å². The Morgan fingerprint density at radius 1 is 1.50 bits per heavy atom. The van der Waals surface area contributed by atoms with Crippen LogP contribution in [0, 0.1) is 11.3 Å². The SMILES string of the molecule is N#CC1(NC(=O)CSc2ccc(N)c(Cl)c2)CCCC1. The molecule has 0 heterocycles. The first-order chi connectivity index (χ1) is 9.54. The van der Waals surface area contributed by atoms with E-state index in [-0.39, 0.29) is 11.7 Å². The van der Waals surface area contributed by atoms with E-state index in [2.05, 4.69) is 11.4 Å². The van der Waals surface area contributed by atoms with Crippen molar-refractivity contribution in [2.75, 3.05) is 11.5 Å². The first-order valence-electron chi connectivity index (χ1n) is 6.45. The van der Waals surface area contributed by atoms with Crippen molar-refractivity contribution in [1.82, 2.24) is 5.32 Å². The van der Waals surface area contributed by atoms with Crippen LogP contribution in [0.3, 0.4) is 0 Å². The Hall–Kier alpha value is -1.38. The normalized spacial score (nSPS) is 16.6. The predicted molar refractivity (Wildman–Crippen MR) is 81.5 cm³/mol. The van der Waals surface area contributed by atoms with E-state index >= 15 is 0 Å². The lowest BCUT2D eigenvalue weighted by Crippen LogP contribution is -2.45. The van der Waals surface area contributed by atoms with E-state index in [0.717, 1.165) is 30.6 Å². The smallest absolute Gasteiger partial charge is 0.231 e. The second kappa shape index (κ2) is 6.38. The van der Waals surface area contributed by atoms with Gasteiger partial charge in [-0.3, -0.25) is 4.79 Å². The van der Waals surface area contributed by atoms with Crippen molar-refractivity contribution in [1.29, 1.82) is 5.26 Å². The van der Waals surface area contributed by atoms with E-state index in [1.807, 2.05) is 6.07 Å². The molecule has 1 amide bonds. The molecule has 2 rings (SSSR count). The second-order valence-corrected chi connectivity index (χ2v) is 6.38. The topological polar surface area (TPSA) is 78.9 Å². The summed E-state index contributed by atoms with van der Waals surface area (Å²) in [5, 5.41) is 12.6. The molecule has 1 aliphatic rings. The van der Waals surface area contributed by atoms with Crippen LogP contribution < -0.4 is 11.1 Å². The lowest BCUT2D eigenvalue weighted by Gasteiger charge is -2.21. The molecule has 6 heteroatoms. The third-order valence-corrected chi connectivity index (χ3v) is 4.71. The molecule has 0 bridgehead atoms. The number of hydrogen-bond acceptors (Lipinski definition) is 4. The average molecular weight is 310 g/mol. The number of amides is 1. The van der Waals surface area contributed by atoms with Crippen LogP contribution in [-0.2, 0) is 4.79 Å². The zero-order valence-corrected chi connectivity index (χ0v) is 12.6. The zero-order chi connectivity index (χ0) is 14.6. The molecular formula is C14H16ClN3OS. The lowest BCUT2D eigenvalue weighted by molar-refractivity contribution is -0.119. The Bertz CT molecular complexity index is 550. The molecule has 0 aliphatic heterocycles. The number of halogens is 1. The van der Waals surface area contributed by atoms with Crippen LogP contribution in [0.2, 0.25) is 5.02 Å². The van der Waals surface area contributed by atoms with E-state index in [9.17, 15) is 10.1 Å². The van der Waals surface area contributed by atoms with Gasteiger partial charge >= 0.3 is 0 Å². The summed E-state index contributed by atoms with van der Waals surface area (Å²) in [7, 11) is 0. The minimum atomic E-state index is -0.656. The molecule has 0 unspecified atom stereocenters. The molecule has 20 heavy (non-hydrogen) atoms. The quantitative estimate of drug-likeness (QED) is 0.662. The molecule has 0 aromatic heterocycles. The van der Waals surface area contributed by atoms with Crippen molar-refractivity contribution in [2.24, 2.45) is 0 Å². The number of nitriles is 1. The van der Waals surface area contributed by atoms with E-state index in [1.165, 1.54) is 11.8 Å². The number of rotatable bonds is 4. The van der Waals surface area contributed by atoms with Gasteiger partial charge in [0.2, 0.25) is 5.91 Å². The number of nitrogen functional groups attached to an aromatic ring is 1. The average Bonchev–Trinajstić information content (AvgIpc) is 2.89. The largest absolute Gasteiger partial charge is 0.398 e. The van der Waals surface area contributed by atoms with Crippen LogP contribution in [0.5, 0.6) is 0 Å². The zero-order valence-electron chi connectivity index (χ0n) is 11.0. The molecule has 1 aromatic rings. The monoisotopic (exact) mass is 309 g/mol. The van der Waals surface area contributed by atoms with Gasteiger partial charge in [0, 0.05) is 4.90 Å². The molecule has 0 atom stereocenters. The first-order valence-corrected chi connectivity index (χ1v) is 7.81. The van der Waals surface area contributed by atoms with E-state index in [1.54, 1.807) is 12.1 Å². The van der Waals surface area contributed by atoms with Crippen LogP contribution >= 0.6 is 23.4 Å². The van der Waals surface area contributed by atoms with Gasteiger partial charge in [0.25, 0.3) is 0 Å². The number of anilines is 1. The Kier molecular flexibility index (Phi) is 4.79. The van der Waals surface area contributed by atoms with Gasteiger partial charge in [0.15, 0.2) is 0 Å². The maximum atomic E-state index is 11.9. The highest BCUT2D eigenvalue weighted by atomic mass is 35.5. The summed E-state index contributed by atoms with van der Waals surface area (Å²) >= 11 is 7.31. The van der Waals surface area contributed by atoms with Crippen molar-refractivity contribution in [2.45, 2.75) is 36.1 Å². The van der Waals surface area contributed by atoms with Crippen molar-refractivity contribution < 1.29 is 4.79 Å². The van der Waals surface area contributed by atoms with E-state index in [0.29, 0.717) is 10.7 Å². The molecule has 4 nitrogen and oxygen atoms in total. The minimum Gasteiger partial charge on any atom is -0.398 e. The number of hydrogen-bond donors (Lipinski definition) is 2. The van der Waals surface area contributed by atoms with E-state index < -0.39 is 5.54 Å². The fourth-order valence-electron chi connectivity index (χ4n) is 2.29. The standard InChI is InChI=1S/C14H16ClN3OS/c15-11-7-10(3-4-12(11)17)20-8-13(19)18-14(9-16)5-1-2-6-14/h3-4,7H,1-2,5-6,8,17H2,(H,18,19). The van der Waals surface area contributed by atoms with Gasteiger partial charge in [-0.1, -0.05) is 11.6 Å². The van der Waals surface area contributed by atoms with Gasteiger partial charge in [0.1, 0.15) is 5.54 Å². The molecule has 106 valence electrons. The molecule has 1 aliphatic carbocycles. The summed E-state index contributed by atoms with van der Waals surface area (Å²) in [6, 6.07) is 7.53. The number of carbonyl (C=O) groups is 1. The number of benzene rings is 1. The molecule has 0 spiro atoms. The van der Waals surface area contributed by atoms with Crippen molar-refractivity contribution >= 4 is 35.0 Å². The number of nitrogens with zero attached hydrogens (tertiary/aromatic N) is 1. The van der Waals surface area contributed by atoms with Crippen molar-refractivity contribution in [3.8, 4) is 6.07 Å². The van der Waals surface area contributed by atoms with Crippen LogP contribution in [0.15, 0.2) is 23.1 Å². The maximum Gasteiger partial charge on any atom is 0.231 e. The molecule has 1 saturated carbocycles. The Labute approximate surface area is 127 Å². The number of nitrogens with one attached hydrogen (secondary N) is 1. The summed E-state index contributed by atoms with van der Waals surface area (Å²) in [5.74, 6) is 0.148. The van der Waals surface area contributed by atoms with Crippen LogP contribution in [0.1, 0.15) is 25.7 Å². The Morgan fingerprint density at radius 3 is 2.80 bits per heavy atom. The molecule has 1 aromatic carbocycles. The predicted octanol–water partition coefficient (Wildman–Crippen LogP) is 2.97. The van der Waals surface area contributed by atoms with Gasteiger partial charge in [-0.05, 0) is 43.9 Å². The van der Waals surface area contributed by atoms with Crippen LogP contribution in [-0.4, -0.2) is 17.2 Å². The number of nitrogens with two attached hydrogens (primary N) is 1. The fraction of sp³-hybridized carbons (Fsp3) is 0.429. The van der Waals surface area contributed by atoms with Gasteiger partial charge in [-0.2, -0.15) is 5.26 Å². The Balaban J connectivity index is 1.89. The summed E-state index contributed by atoms with van der Waals surface area (Å²) in [6.45, 7) is 0. The third kappa shape index (κ3) is 3.59. The van der Waals surface area contributed by atoms with Crippen molar-refractivity contribution in [3.63, 3.8) is 0 Å². The fourth-order valence-corrected chi connectivity index (χ4v) is 3.27. The summed E-state index contributed by atoms with van der Waals surface area (Å²) in [4.78, 5) is 12.8. The molecular weight excluding hydrogens is 294 g/mol. The highest BCUT2D eigenvalue weighted by Gasteiger charge is 2.35. The summed E-state index contributed by atoms with van der Waals surface area (Å²) < 4.78 is 0. The number of thioether (sulfide) groups is 1. The third-order valence-electron chi connectivity index (χ3n) is 3.39. The highest BCUT2D eigenvalue weighted by molar-refractivity contribution is 8.00. The first kappa shape index (κ1) is 15.0. The summed E-state index contributed by atoms with van der Waals surface area (Å²) in [5.41, 5.74) is 5.50. The van der Waals surface area contributed by atoms with Gasteiger partial charge in [-0.15, -0.1) is 11.8 Å². The highest BCUT2D eigenvalue weighted by Crippen LogP contribution is 2.30. The summed E-state index contributed by atoms with van der Waals surface area (Å²) in [6.07, 6.45) is 3.48. The maximum absolute atomic E-state index is 11.9. The molecule has 0 radical (unpaired) electrons.